The van der Waals surface area contributed by atoms with Crippen molar-refractivity contribution in [1.82, 2.24) is 4.57 Å². The number of carboxylic acids is 1. The number of benzene rings is 1. The number of carbonyl (C=O) groups is 1. The minimum Gasteiger partial charge on any atom is -0.496 e. The predicted molar refractivity (Wildman–Crippen MR) is 76.6 cm³/mol. The summed E-state index contributed by atoms with van der Waals surface area (Å²) in [7, 11) is 2.98. The van der Waals surface area contributed by atoms with Crippen LogP contribution < -0.4 is 14.9 Å². The van der Waals surface area contributed by atoms with Gasteiger partial charge in [-0.15, -0.1) is 0 Å². The van der Waals surface area contributed by atoms with Crippen LogP contribution >= 0.6 is 0 Å². The third kappa shape index (κ3) is 1.79. The molecule has 6 nitrogen and oxygen atoms in total. The fraction of sp³-hybridized carbons (Fsp3) is 0.333. The van der Waals surface area contributed by atoms with E-state index in [-0.39, 0.29) is 10.9 Å². The standard InChI is InChI=1S/C15H15NO5/c1-20-9-5-6-10(21-2)13-12(9)14(17)11(15(18)19)8-4-3-7-16(8)13/h5-6H,3-4,7H2,1-2H3,(H,18,19). The zero-order valence-corrected chi connectivity index (χ0v) is 11.8. The van der Waals surface area contributed by atoms with Gasteiger partial charge in [0.25, 0.3) is 0 Å². The van der Waals surface area contributed by atoms with E-state index >= 15 is 0 Å². The lowest BCUT2D eigenvalue weighted by Crippen LogP contribution is -2.22. The Bertz CT molecular complexity index is 806. The molecule has 0 spiro atoms. The van der Waals surface area contributed by atoms with Crippen LogP contribution in [0.4, 0.5) is 0 Å². The molecule has 0 fully saturated rings. The highest BCUT2D eigenvalue weighted by Gasteiger charge is 2.28. The van der Waals surface area contributed by atoms with E-state index in [9.17, 15) is 14.7 Å². The molecule has 2 aromatic rings. The summed E-state index contributed by atoms with van der Waals surface area (Å²) in [5.41, 5.74) is 0.499. The van der Waals surface area contributed by atoms with Gasteiger partial charge in [0, 0.05) is 12.2 Å². The van der Waals surface area contributed by atoms with Gasteiger partial charge in [-0.25, -0.2) is 4.79 Å². The molecule has 1 N–H and O–H groups in total. The largest absolute Gasteiger partial charge is 0.496 e. The Morgan fingerprint density at radius 2 is 1.90 bits per heavy atom. The van der Waals surface area contributed by atoms with Crippen LogP contribution in [0.15, 0.2) is 16.9 Å². The van der Waals surface area contributed by atoms with Gasteiger partial charge in [-0.2, -0.15) is 0 Å². The number of pyridine rings is 1. The molecule has 0 atom stereocenters. The van der Waals surface area contributed by atoms with Gasteiger partial charge in [0.1, 0.15) is 17.1 Å². The van der Waals surface area contributed by atoms with E-state index in [0.29, 0.717) is 35.7 Å². The maximum Gasteiger partial charge on any atom is 0.341 e. The highest BCUT2D eigenvalue weighted by molar-refractivity contribution is 5.98. The number of methoxy groups -OCH3 is 2. The second kappa shape index (κ2) is 4.80. The number of hydrogen-bond acceptors (Lipinski definition) is 4. The lowest BCUT2D eigenvalue weighted by molar-refractivity contribution is 0.0694. The summed E-state index contributed by atoms with van der Waals surface area (Å²) < 4.78 is 12.4. The minimum atomic E-state index is -1.20. The van der Waals surface area contributed by atoms with E-state index in [1.54, 1.807) is 12.1 Å². The van der Waals surface area contributed by atoms with Gasteiger partial charge in [0.05, 0.1) is 25.1 Å². The quantitative estimate of drug-likeness (QED) is 0.929. The zero-order valence-electron chi connectivity index (χ0n) is 11.8. The lowest BCUT2D eigenvalue weighted by atomic mass is 10.1. The Morgan fingerprint density at radius 1 is 1.24 bits per heavy atom. The van der Waals surface area contributed by atoms with Crippen LogP contribution in [0.1, 0.15) is 22.5 Å². The number of aromatic carboxylic acids is 1. The second-order valence-corrected chi connectivity index (χ2v) is 4.90. The van der Waals surface area contributed by atoms with Gasteiger partial charge < -0.3 is 19.1 Å². The van der Waals surface area contributed by atoms with Crippen molar-refractivity contribution in [3.05, 3.63) is 33.6 Å². The maximum absolute atomic E-state index is 12.6. The minimum absolute atomic E-state index is 0.161. The Hall–Kier alpha value is -2.50. The molecule has 0 radical (unpaired) electrons. The molecule has 21 heavy (non-hydrogen) atoms. The fourth-order valence-corrected chi connectivity index (χ4v) is 3.03. The SMILES string of the molecule is COc1ccc(OC)c2c1c(=O)c(C(=O)O)c1n2CCC1. The lowest BCUT2D eigenvalue weighted by Gasteiger charge is -2.16. The number of ether oxygens (including phenoxy) is 2. The van der Waals surface area contributed by atoms with Crippen LogP contribution in [-0.4, -0.2) is 29.9 Å². The van der Waals surface area contributed by atoms with E-state index in [1.807, 2.05) is 4.57 Å². The van der Waals surface area contributed by atoms with Crippen molar-refractivity contribution in [2.75, 3.05) is 14.2 Å². The molecule has 1 aromatic carbocycles. The van der Waals surface area contributed by atoms with E-state index in [0.717, 1.165) is 6.42 Å². The van der Waals surface area contributed by atoms with E-state index in [2.05, 4.69) is 0 Å². The molecule has 1 aliphatic rings. The highest BCUT2D eigenvalue weighted by atomic mass is 16.5. The monoisotopic (exact) mass is 289 g/mol. The van der Waals surface area contributed by atoms with Gasteiger partial charge in [-0.1, -0.05) is 0 Å². The molecule has 0 bridgehead atoms. The Kier molecular flexibility index (Phi) is 3.08. The first-order valence-corrected chi connectivity index (χ1v) is 6.63. The number of rotatable bonds is 3. The average Bonchev–Trinajstić information content (AvgIpc) is 2.94. The highest BCUT2D eigenvalue weighted by Crippen LogP contribution is 2.34. The molecular weight excluding hydrogens is 274 g/mol. The smallest absolute Gasteiger partial charge is 0.341 e. The summed E-state index contributed by atoms with van der Waals surface area (Å²) in [6.07, 6.45) is 1.38. The van der Waals surface area contributed by atoms with Crippen LogP contribution in [0.25, 0.3) is 10.9 Å². The first-order valence-electron chi connectivity index (χ1n) is 6.63. The van der Waals surface area contributed by atoms with Crippen LogP contribution in [0.5, 0.6) is 11.5 Å². The summed E-state index contributed by atoms with van der Waals surface area (Å²) in [6, 6.07) is 3.35. The normalized spacial score (nSPS) is 13.2. The third-order valence-electron chi connectivity index (χ3n) is 3.89. The second-order valence-electron chi connectivity index (χ2n) is 4.90. The number of carboxylic acid groups (broad SMARTS) is 1. The van der Waals surface area contributed by atoms with Crippen molar-refractivity contribution < 1.29 is 19.4 Å². The molecule has 3 rings (SSSR count). The number of hydrogen-bond donors (Lipinski definition) is 1. The molecule has 0 saturated heterocycles. The van der Waals surface area contributed by atoms with Gasteiger partial charge in [0.2, 0.25) is 5.43 Å². The molecule has 1 aliphatic heterocycles. The molecule has 0 amide bonds. The molecule has 1 aromatic heterocycles. The van der Waals surface area contributed by atoms with Crippen molar-refractivity contribution >= 4 is 16.9 Å². The zero-order chi connectivity index (χ0) is 15.1. The van der Waals surface area contributed by atoms with Crippen LogP contribution in [0, 0.1) is 0 Å². The maximum atomic E-state index is 12.6. The van der Waals surface area contributed by atoms with Crippen molar-refractivity contribution in [2.45, 2.75) is 19.4 Å². The molecule has 0 saturated carbocycles. The predicted octanol–water partition coefficient (Wildman–Crippen LogP) is 1.66. The van der Waals surface area contributed by atoms with Gasteiger partial charge in [-0.3, -0.25) is 4.79 Å². The molecule has 0 unspecified atom stereocenters. The summed E-state index contributed by atoms with van der Waals surface area (Å²) >= 11 is 0. The van der Waals surface area contributed by atoms with E-state index < -0.39 is 11.4 Å². The van der Waals surface area contributed by atoms with Crippen LogP contribution in [0.2, 0.25) is 0 Å². The Morgan fingerprint density at radius 3 is 2.52 bits per heavy atom. The van der Waals surface area contributed by atoms with Crippen molar-refractivity contribution in [3.63, 3.8) is 0 Å². The Labute approximate surface area is 120 Å². The molecular formula is C15H15NO5. The molecule has 6 heteroatoms. The van der Waals surface area contributed by atoms with Crippen LogP contribution in [0.3, 0.4) is 0 Å². The van der Waals surface area contributed by atoms with Gasteiger partial charge >= 0.3 is 5.97 Å². The van der Waals surface area contributed by atoms with Crippen molar-refractivity contribution in [2.24, 2.45) is 0 Å². The number of nitrogens with zero attached hydrogens (tertiary/aromatic N) is 1. The first kappa shape index (κ1) is 13.5. The average molecular weight is 289 g/mol. The summed E-state index contributed by atoms with van der Waals surface area (Å²) in [6.45, 7) is 0.663. The Balaban J connectivity index is 2.59. The van der Waals surface area contributed by atoms with Gasteiger partial charge in [-0.05, 0) is 25.0 Å². The topological polar surface area (TPSA) is 77.8 Å². The van der Waals surface area contributed by atoms with Crippen molar-refractivity contribution in [1.29, 1.82) is 0 Å². The fourth-order valence-electron chi connectivity index (χ4n) is 3.03. The molecule has 0 aliphatic carbocycles. The van der Waals surface area contributed by atoms with E-state index in [1.165, 1.54) is 14.2 Å². The summed E-state index contributed by atoms with van der Waals surface area (Å²) in [4.78, 5) is 24.1. The summed E-state index contributed by atoms with van der Waals surface area (Å²) in [5.74, 6) is -0.291. The number of aryl methyl sites for hydroxylation is 1. The van der Waals surface area contributed by atoms with E-state index in [4.69, 9.17) is 9.47 Å². The van der Waals surface area contributed by atoms with Crippen molar-refractivity contribution in [3.8, 4) is 11.5 Å². The number of fused-ring (bicyclic) bond motifs is 3. The molecule has 110 valence electrons. The summed E-state index contributed by atoms with van der Waals surface area (Å²) in [5, 5.41) is 9.66. The third-order valence-corrected chi connectivity index (χ3v) is 3.89. The van der Waals surface area contributed by atoms with Crippen LogP contribution in [-0.2, 0) is 13.0 Å². The first-order chi connectivity index (χ1) is 10.1. The van der Waals surface area contributed by atoms with Gasteiger partial charge in [0.15, 0.2) is 0 Å². The molecule has 2 heterocycles. The number of aromatic nitrogens is 1.